The lowest BCUT2D eigenvalue weighted by atomic mass is 10.1. The second-order valence-electron chi connectivity index (χ2n) is 5.45. The van der Waals surface area contributed by atoms with Crippen molar-refractivity contribution in [1.29, 1.82) is 0 Å². The van der Waals surface area contributed by atoms with Crippen LogP contribution in [-0.4, -0.2) is 4.98 Å². The quantitative estimate of drug-likeness (QED) is 0.752. The summed E-state index contributed by atoms with van der Waals surface area (Å²) >= 11 is 0. The summed E-state index contributed by atoms with van der Waals surface area (Å²) in [5, 5.41) is 0. The third-order valence-electron chi connectivity index (χ3n) is 3.64. The predicted molar refractivity (Wildman–Crippen MR) is 92.9 cm³/mol. The van der Waals surface area contributed by atoms with Crippen molar-refractivity contribution in [2.24, 2.45) is 0 Å². The van der Waals surface area contributed by atoms with Gasteiger partial charge in [0, 0.05) is 12.3 Å². The van der Waals surface area contributed by atoms with Crippen LogP contribution in [0, 0.1) is 0 Å². The van der Waals surface area contributed by atoms with Crippen LogP contribution in [0.4, 0.5) is 0 Å². The Bertz CT molecular complexity index is 849. The summed E-state index contributed by atoms with van der Waals surface area (Å²) in [5.74, 6) is 2.78. The number of aromatic nitrogens is 1. The van der Waals surface area contributed by atoms with Crippen molar-refractivity contribution >= 4 is 0 Å². The summed E-state index contributed by atoms with van der Waals surface area (Å²) in [6.45, 7) is 0. The number of pyridine rings is 1. The van der Waals surface area contributed by atoms with Gasteiger partial charge in [0.15, 0.2) is 0 Å². The van der Waals surface area contributed by atoms with Gasteiger partial charge < -0.3 is 9.47 Å². The van der Waals surface area contributed by atoms with Gasteiger partial charge in [0.05, 0.1) is 6.20 Å². The van der Waals surface area contributed by atoms with E-state index in [0.717, 1.165) is 17.1 Å². The average Bonchev–Trinajstić information content (AvgIpc) is 3.12. The molecular formula is C20H16N2O3. The first-order chi connectivity index (χ1) is 12.4. The first kappa shape index (κ1) is 15.2. The molecule has 124 valence electrons. The number of hydrogen-bond donors (Lipinski definition) is 1. The molecule has 0 aliphatic carbocycles. The molecule has 4 rings (SSSR count). The molecule has 0 bridgehead atoms. The van der Waals surface area contributed by atoms with Crippen molar-refractivity contribution in [1.82, 2.24) is 10.5 Å². The van der Waals surface area contributed by atoms with Gasteiger partial charge in [0.1, 0.15) is 23.4 Å². The smallest absolute Gasteiger partial charge is 0.216 e. The molecule has 5 heteroatoms. The molecule has 25 heavy (non-hydrogen) atoms. The van der Waals surface area contributed by atoms with Gasteiger partial charge in [-0.05, 0) is 42.0 Å². The highest BCUT2D eigenvalue weighted by Crippen LogP contribution is 2.28. The Kier molecular flexibility index (Phi) is 4.31. The molecule has 0 unspecified atom stereocenters. The van der Waals surface area contributed by atoms with Crippen LogP contribution in [0.15, 0.2) is 91.1 Å². The monoisotopic (exact) mass is 332 g/mol. The Morgan fingerprint density at radius 3 is 2.32 bits per heavy atom. The van der Waals surface area contributed by atoms with E-state index < -0.39 is 0 Å². The molecule has 5 nitrogen and oxygen atoms in total. The maximum absolute atomic E-state index is 5.79. The van der Waals surface area contributed by atoms with Crippen molar-refractivity contribution in [3.05, 3.63) is 96.6 Å². The molecule has 0 saturated heterocycles. The molecule has 1 aliphatic rings. The van der Waals surface area contributed by atoms with Crippen LogP contribution in [0.2, 0.25) is 0 Å². The zero-order valence-corrected chi connectivity index (χ0v) is 13.3. The van der Waals surface area contributed by atoms with E-state index in [4.69, 9.17) is 14.3 Å². The molecule has 1 atom stereocenters. The van der Waals surface area contributed by atoms with Crippen LogP contribution >= 0.6 is 0 Å². The van der Waals surface area contributed by atoms with Gasteiger partial charge in [-0.2, -0.15) is 0 Å². The Morgan fingerprint density at radius 1 is 0.800 bits per heavy atom. The number of nitrogens with zero attached hydrogens (tertiary/aromatic N) is 1. The van der Waals surface area contributed by atoms with Gasteiger partial charge in [-0.15, -0.1) is 0 Å². The molecule has 0 amide bonds. The van der Waals surface area contributed by atoms with E-state index in [0.29, 0.717) is 11.6 Å². The maximum Gasteiger partial charge on any atom is 0.216 e. The molecule has 1 N–H and O–H groups in total. The zero-order chi connectivity index (χ0) is 16.9. The Morgan fingerprint density at radius 2 is 1.56 bits per heavy atom. The molecule has 0 fully saturated rings. The molecule has 2 heterocycles. The summed E-state index contributed by atoms with van der Waals surface area (Å²) in [6, 6.07) is 21.1. The fourth-order valence-corrected chi connectivity index (χ4v) is 2.43. The third kappa shape index (κ3) is 3.79. The third-order valence-corrected chi connectivity index (χ3v) is 3.64. The first-order valence-electron chi connectivity index (χ1n) is 7.91. The number of ether oxygens (including phenoxy) is 2. The molecule has 1 aromatic heterocycles. The van der Waals surface area contributed by atoms with Crippen molar-refractivity contribution in [2.75, 3.05) is 0 Å². The van der Waals surface area contributed by atoms with Gasteiger partial charge in [-0.25, -0.2) is 5.48 Å². The molecule has 1 aliphatic heterocycles. The maximum atomic E-state index is 5.79. The molecule has 2 aromatic carbocycles. The van der Waals surface area contributed by atoms with E-state index in [1.54, 1.807) is 12.4 Å². The first-order valence-corrected chi connectivity index (χ1v) is 7.91. The molecule has 0 radical (unpaired) electrons. The lowest BCUT2D eigenvalue weighted by Crippen LogP contribution is -2.12. The van der Waals surface area contributed by atoms with Gasteiger partial charge in [-0.1, -0.05) is 30.3 Å². The predicted octanol–water partition coefficient (Wildman–Crippen LogP) is 4.37. The number of rotatable bonds is 5. The standard InChI is InChI=1S/C20H16N2O3/c1-2-5-16(6-3-1)23-17-10-8-15(9-11-17)19-13-20(22-25-19)24-18-7-4-12-21-14-18/h1-14,19,22H/t19-/m0/s1. The highest BCUT2D eigenvalue weighted by molar-refractivity contribution is 5.35. The van der Waals surface area contributed by atoms with E-state index in [9.17, 15) is 0 Å². The summed E-state index contributed by atoms with van der Waals surface area (Å²) in [6.07, 6.45) is 4.99. The molecule has 0 spiro atoms. The minimum absolute atomic E-state index is 0.225. The minimum atomic E-state index is -0.225. The summed E-state index contributed by atoms with van der Waals surface area (Å²) < 4.78 is 11.5. The molecule has 0 saturated carbocycles. The SMILES string of the molecule is C1=C(Oc2cccnc2)NO[C@@H]1c1ccc(Oc2ccccc2)cc1. The second-order valence-corrected chi connectivity index (χ2v) is 5.45. The van der Waals surface area contributed by atoms with Crippen LogP contribution in [0.3, 0.4) is 0 Å². The lowest BCUT2D eigenvalue weighted by Gasteiger charge is -2.09. The van der Waals surface area contributed by atoms with Crippen LogP contribution < -0.4 is 15.0 Å². The summed E-state index contributed by atoms with van der Waals surface area (Å²) in [7, 11) is 0. The topological polar surface area (TPSA) is 52.6 Å². The van der Waals surface area contributed by atoms with E-state index in [1.165, 1.54) is 0 Å². The van der Waals surface area contributed by atoms with Gasteiger partial charge in [0.25, 0.3) is 0 Å². The highest BCUT2D eigenvalue weighted by atomic mass is 16.7. The van der Waals surface area contributed by atoms with Gasteiger partial charge in [0.2, 0.25) is 5.88 Å². The van der Waals surface area contributed by atoms with Crippen LogP contribution in [0.5, 0.6) is 17.2 Å². The van der Waals surface area contributed by atoms with E-state index in [1.807, 2.05) is 72.8 Å². The Labute approximate surface area is 145 Å². The van der Waals surface area contributed by atoms with Crippen molar-refractivity contribution in [3.63, 3.8) is 0 Å². The summed E-state index contributed by atoms with van der Waals surface area (Å²) in [4.78, 5) is 9.57. The van der Waals surface area contributed by atoms with Crippen molar-refractivity contribution in [3.8, 4) is 17.2 Å². The number of nitrogens with one attached hydrogen (secondary N) is 1. The molecular weight excluding hydrogens is 316 g/mol. The Hall–Kier alpha value is -3.31. The van der Waals surface area contributed by atoms with Gasteiger partial charge in [-0.3, -0.25) is 9.82 Å². The fraction of sp³-hybridized carbons (Fsp3) is 0.0500. The van der Waals surface area contributed by atoms with E-state index in [2.05, 4.69) is 10.5 Å². The second kappa shape index (κ2) is 7.07. The largest absolute Gasteiger partial charge is 0.457 e. The zero-order valence-electron chi connectivity index (χ0n) is 13.3. The highest BCUT2D eigenvalue weighted by Gasteiger charge is 2.20. The van der Waals surface area contributed by atoms with Crippen LogP contribution in [0.25, 0.3) is 0 Å². The van der Waals surface area contributed by atoms with Crippen LogP contribution in [-0.2, 0) is 4.84 Å². The molecule has 3 aromatic rings. The number of hydroxylamine groups is 1. The normalized spacial score (nSPS) is 16.0. The van der Waals surface area contributed by atoms with Crippen molar-refractivity contribution in [2.45, 2.75) is 6.10 Å². The minimum Gasteiger partial charge on any atom is -0.457 e. The lowest BCUT2D eigenvalue weighted by molar-refractivity contribution is 0.0273. The van der Waals surface area contributed by atoms with E-state index >= 15 is 0 Å². The Balaban J connectivity index is 1.42. The van der Waals surface area contributed by atoms with Gasteiger partial charge >= 0.3 is 0 Å². The fourth-order valence-electron chi connectivity index (χ4n) is 2.43. The van der Waals surface area contributed by atoms with E-state index in [-0.39, 0.29) is 6.10 Å². The number of para-hydroxylation sites is 1. The van der Waals surface area contributed by atoms with Crippen molar-refractivity contribution < 1.29 is 14.3 Å². The number of benzene rings is 2. The number of hydrogen-bond acceptors (Lipinski definition) is 5. The summed E-state index contributed by atoms with van der Waals surface area (Å²) in [5.41, 5.74) is 3.79. The van der Waals surface area contributed by atoms with Crippen LogP contribution in [0.1, 0.15) is 11.7 Å². The average molecular weight is 332 g/mol.